The van der Waals surface area contributed by atoms with Gasteiger partial charge in [-0.05, 0) is 77.0 Å². The van der Waals surface area contributed by atoms with Crippen LogP contribution in [0.25, 0.3) is 0 Å². The summed E-state index contributed by atoms with van der Waals surface area (Å²) in [6, 6.07) is -12.1. The third-order valence-corrected chi connectivity index (χ3v) is 15.8. The number of amides is 12. The van der Waals surface area contributed by atoms with E-state index in [-0.39, 0.29) is 25.2 Å². The monoisotopic (exact) mass is 1230 g/mol. The third kappa shape index (κ3) is 24.9. The third-order valence-electron chi connectivity index (χ3n) is 15.8. The zero-order valence-electron chi connectivity index (χ0n) is 52.8. The van der Waals surface area contributed by atoms with Gasteiger partial charge in [-0.2, -0.15) is 0 Å². The minimum Gasteiger partial charge on any atom is -0.391 e. The Morgan fingerprint density at radius 3 is 1.80 bits per heavy atom. The summed E-state index contributed by atoms with van der Waals surface area (Å²) in [7, 11) is 2.41. The highest BCUT2D eigenvalue weighted by Gasteiger charge is 2.44. The molecule has 0 aromatic rings. The number of Topliss-reactive ketones (excluding diaryl/α,β-unsaturated/α-hetero) is 1. The molecule has 28 nitrogen and oxygen atoms in total. The number of nitrogens with one attached hydrogen (secondary N) is 8. The summed E-state index contributed by atoms with van der Waals surface area (Å²) < 4.78 is 5.43. The van der Waals surface area contributed by atoms with E-state index in [4.69, 9.17) is 16.2 Å². The van der Waals surface area contributed by atoms with Gasteiger partial charge in [-0.25, -0.2) is 0 Å². The van der Waals surface area contributed by atoms with E-state index in [0.29, 0.717) is 25.7 Å². The van der Waals surface area contributed by atoms with E-state index in [1.807, 2.05) is 6.92 Å². The summed E-state index contributed by atoms with van der Waals surface area (Å²) >= 11 is 0. The van der Waals surface area contributed by atoms with Gasteiger partial charge in [0.15, 0.2) is 6.10 Å². The van der Waals surface area contributed by atoms with Crippen molar-refractivity contribution in [2.45, 2.75) is 238 Å². The van der Waals surface area contributed by atoms with Crippen molar-refractivity contribution >= 4 is 76.7 Å². The molecule has 2 aliphatic rings. The molecule has 12 atom stereocenters. The molecule has 0 aromatic heterocycles. The topological polar surface area (TPSA) is 426 Å². The van der Waals surface area contributed by atoms with E-state index < -0.39 is 187 Å². The van der Waals surface area contributed by atoms with Gasteiger partial charge in [-0.15, -0.1) is 0 Å². The van der Waals surface area contributed by atoms with Gasteiger partial charge in [0.25, 0.3) is 11.8 Å². The molecule has 0 radical (unpaired) electrons. The standard InChI is InChI=1S/C59H100N12O16/c1-12-14-24-37(73)25-21-19-17-15-16-18-20-23-34(7)47-50(77)57(84)67-46(33(5)6)54(81)63-38(13-2)52(79)69-48(35(8)72)56(83)66-45(32(3)4)55(82)64-39(27-28-42(60)74)51(78)62-31-44(76)65-49(36(9)87-11)59(86)70(10)41(30-43(61)75)58(85)71-29-22-26-40(71)53(80)68-47/h13,32-36,39-41,45-50,72,77H,12,14-31H2,1-11H3,(H2,60,74)(H2,61,75)(H,62,78)(H,63,81)(H,64,82)(H,65,76)(H,66,83)(H,67,84)(H,68,80)(H,69,79). The van der Waals surface area contributed by atoms with Gasteiger partial charge in [-0.3, -0.25) is 62.3 Å². The number of aliphatic hydroxyl groups excluding tert-OH is 2. The SMILES string of the molecule is CC=C1NC(=O)C(C(C)C)NC(=O)C(O)C(C(C)CCCCCCCCCC(=O)CCCC)NC(=O)C2CCCN2C(=O)C(CC(N)=O)N(C)C(=O)C(C(C)OC)NC(=O)CNC(=O)C(CCC(N)=O)NC(=O)C(C(C)C)NC(=O)C(C(C)O)NC1=O. The molecule has 87 heavy (non-hydrogen) atoms. The van der Waals surface area contributed by atoms with Crippen molar-refractivity contribution in [3.63, 3.8) is 0 Å². The highest BCUT2D eigenvalue weighted by molar-refractivity contribution is 6.03. The fourth-order valence-corrected chi connectivity index (χ4v) is 10.2. The maximum atomic E-state index is 14.7. The van der Waals surface area contributed by atoms with Gasteiger partial charge in [0, 0.05) is 40.0 Å². The maximum Gasteiger partial charge on any atom is 0.268 e. The molecule has 2 saturated heterocycles. The van der Waals surface area contributed by atoms with Gasteiger partial charge < -0.3 is 78.8 Å². The number of nitrogens with two attached hydrogens (primary N) is 2. The predicted octanol–water partition coefficient (Wildman–Crippen LogP) is -1.00. The Hall–Kier alpha value is -7.07. The Labute approximate surface area is 511 Å². The highest BCUT2D eigenvalue weighted by atomic mass is 16.5. The van der Waals surface area contributed by atoms with Crippen LogP contribution in [-0.2, 0) is 67.1 Å². The molecule has 2 aliphatic heterocycles. The lowest BCUT2D eigenvalue weighted by atomic mass is 9.90. The number of ether oxygens (including phenoxy) is 1. The van der Waals surface area contributed by atoms with Crippen LogP contribution in [0.2, 0.25) is 0 Å². The Morgan fingerprint density at radius 1 is 0.667 bits per heavy atom. The van der Waals surface area contributed by atoms with Crippen LogP contribution in [0.5, 0.6) is 0 Å². The largest absolute Gasteiger partial charge is 0.391 e. The summed E-state index contributed by atoms with van der Waals surface area (Å²) in [4.78, 5) is 180. The lowest BCUT2D eigenvalue weighted by molar-refractivity contribution is -0.151. The van der Waals surface area contributed by atoms with Crippen molar-refractivity contribution in [1.29, 1.82) is 0 Å². The van der Waals surface area contributed by atoms with Crippen molar-refractivity contribution in [1.82, 2.24) is 52.3 Å². The Morgan fingerprint density at radius 2 is 1.24 bits per heavy atom. The zero-order chi connectivity index (χ0) is 65.8. The number of fused-ring (bicyclic) bond motifs is 1. The number of carbonyl (C=O) groups excluding carboxylic acids is 13. The fraction of sp³-hybridized carbons (Fsp3) is 0.746. The van der Waals surface area contributed by atoms with Crippen LogP contribution in [0, 0.1) is 17.8 Å². The average Bonchev–Trinajstić information content (AvgIpc) is 2.29. The molecular weight excluding hydrogens is 1130 g/mol. The number of hydrogen-bond donors (Lipinski definition) is 12. The number of primary amides is 2. The summed E-state index contributed by atoms with van der Waals surface area (Å²) in [5.74, 6) is -13.4. The number of carbonyl (C=O) groups is 13. The molecule has 0 aromatic carbocycles. The second-order valence-electron chi connectivity index (χ2n) is 23.6. The minimum atomic E-state index is -2.02. The summed E-state index contributed by atoms with van der Waals surface area (Å²) in [6.45, 7) is 13.1. The van der Waals surface area contributed by atoms with Crippen molar-refractivity contribution in [3.05, 3.63) is 11.8 Å². The second kappa shape index (κ2) is 38.3. The molecule has 12 unspecified atom stereocenters. The van der Waals surface area contributed by atoms with E-state index in [1.54, 1.807) is 20.8 Å². The summed E-state index contributed by atoms with van der Waals surface area (Å²) in [6.07, 6.45) is 4.43. The number of hydrogen-bond acceptors (Lipinski definition) is 16. The number of unbranched alkanes of at least 4 members (excludes halogenated alkanes) is 7. The smallest absolute Gasteiger partial charge is 0.268 e. The Balaban J connectivity index is 2.73. The minimum absolute atomic E-state index is 0.0378. The van der Waals surface area contributed by atoms with Crippen molar-refractivity contribution in [2.24, 2.45) is 29.2 Å². The highest BCUT2D eigenvalue weighted by Crippen LogP contribution is 2.25. The van der Waals surface area contributed by atoms with Crippen LogP contribution in [0.1, 0.15) is 171 Å². The molecule has 12 amide bonds. The van der Waals surface area contributed by atoms with E-state index in [9.17, 15) is 72.5 Å². The van der Waals surface area contributed by atoms with Crippen molar-refractivity contribution in [2.75, 3.05) is 27.2 Å². The molecule has 0 saturated carbocycles. The van der Waals surface area contributed by atoms with E-state index in [2.05, 4.69) is 42.5 Å². The lowest BCUT2D eigenvalue weighted by Crippen LogP contribution is -2.62. The van der Waals surface area contributed by atoms with Gasteiger partial charge in [0.05, 0.1) is 31.2 Å². The first-order valence-corrected chi connectivity index (χ1v) is 30.5. The van der Waals surface area contributed by atoms with Crippen LogP contribution in [0.3, 0.4) is 0 Å². The second-order valence-corrected chi connectivity index (χ2v) is 23.6. The van der Waals surface area contributed by atoms with Crippen molar-refractivity contribution in [3.8, 4) is 0 Å². The van der Waals surface area contributed by atoms with E-state index in [0.717, 1.165) is 61.2 Å². The first kappa shape index (κ1) is 76.0. The fourth-order valence-electron chi connectivity index (χ4n) is 10.2. The maximum absolute atomic E-state index is 14.7. The van der Waals surface area contributed by atoms with E-state index >= 15 is 0 Å². The number of rotatable bonds is 24. The lowest BCUT2D eigenvalue weighted by Gasteiger charge is -2.36. The molecule has 2 heterocycles. The van der Waals surface area contributed by atoms with E-state index in [1.165, 1.54) is 54.9 Å². The molecule has 0 aliphatic carbocycles. The Kier molecular flexibility index (Phi) is 33.4. The molecule has 28 heteroatoms. The number of aliphatic hydroxyl groups is 2. The average molecular weight is 1230 g/mol. The van der Waals surface area contributed by atoms with Gasteiger partial charge in [0.2, 0.25) is 59.1 Å². The summed E-state index contributed by atoms with van der Waals surface area (Å²) in [5.41, 5.74) is 10.6. The summed E-state index contributed by atoms with van der Waals surface area (Å²) in [5, 5.41) is 42.7. The van der Waals surface area contributed by atoms with Crippen molar-refractivity contribution < 1.29 is 77.3 Å². The Bertz CT molecular complexity index is 2420. The quantitative estimate of drug-likeness (QED) is 0.0407. The van der Waals surface area contributed by atoms with Crippen LogP contribution < -0.4 is 54.0 Å². The van der Waals surface area contributed by atoms with Gasteiger partial charge in [0.1, 0.15) is 53.8 Å². The van der Waals surface area contributed by atoms with Gasteiger partial charge >= 0.3 is 0 Å². The molecule has 0 bridgehead atoms. The molecule has 2 fully saturated rings. The first-order chi connectivity index (χ1) is 40.9. The molecule has 2 rings (SSSR count). The first-order valence-electron chi connectivity index (χ1n) is 30.5. The molecular formula is C59H100N12O16. The predicted molar refractivity (Wildman–Crippen MR) is 319 cm³/mol. The number of nitrogens with zero attached hydrogens (tertiary/aromatic N) is 2. The van der Waals surface area contributed by atoms with Crippen LogP contribution in [0.15, 0.2) is 11.8 Å². The number of allylic oxidation sites excluding steroid dienone is 1. The zero-order valence-corrected chi connectivity index (χ0v) is 52.8. The molecule has 492 valence electrons. The van der Waals surface area contributed by atoms with Crippen LogP contribution in [-0.4, -0.2) is 191 Å². The van der Waals surface area contributed by atoms with Crippen LogP contribution in [0.4, 0.5) is 0 Å². The van der Waals surface area contributed by atoms with Crippen LogP contribution >= 0.6 is 0 Å². The van der Waals surface area contributed by atoms with Gasteiger partial charge in [-0.1, -0.05) is 92.6 Å². The normalized spacial score (nSPS) is 25.8. The number of likely N-dealkylation sites (N-methyl/N-ethyl adjacent to an activating group) is 1. The number of methoxy groups -OCH3 is 1. The number of ketones is 1. The molecule has 14 N–H and O–H groups in total. The molecule has 0 spiro atoms.